The predicted octanol–water partition coefficient (Wildman–Crippen LogP) is 1.84. The number of hydrogen-bond acceptors (Lipinski definition) is 4. The van der Waals surface area contributed by atoms with Gasteiger partial charge in [0.2, 0.25) is 5.88 Å². The molecule has 104 valence electrons. The van der Waals surface area contributed by atoms with Gasteiger partial charge in [-0.15, -0.1) is 0 Å². The average molecular weight is 271 g/mol. The molecule has 2 aromatic rings. The first kappa shape index (κ1) is 14.0. The number of carbonyl (C=O) groups is 1. The standard InChI is InChI=1S/C15H17N3O2/c1-20-14-7-6-13(10-17-14)18-15(19)12-4-2-11(3-5-12)8-9-16/h2-7,10H,8-9,16H2,1H3,(H,18,19). The van der Waals surface area contributed by atoms with Gasteiger partial charge in [0.1, 0.15) is 0 Å². The molecule has 0 bridgehead atoms. The van der Waals surface area contributed by atoms with Gasteiger partial charge in [-0.3, -0.25) is 4.79 Å². The third kappa shape index (κ3) is 3.55. The number of hydrogen-bond donors (Lipinski definition) is 2. The molecule has 5 heteroatoms. The van der Waals surface area contributed by atoms with E-state index in [1.165, 1.54) is 0 Å². The van der Waals surface area contributed by atoms with Crippen LogP contribution >= 0.6 is 0 Å². The number of ether oxygens (including phenoxy) is 1. The van der Waals surface area contributed by atoms with Gasteiger partial charge < -0.3 is 15.8 Å². The lowest BCUT2D eigenvalue weighted by molar-refractivity contribution is 0.102. The van der Waals surface area contributed by atoms with E-state index in [0.29, 0.717) is 23.7 Å². The number of anilines is 1. The van der Waals surface area contributed by atoms with Crippen LogP contribution in [0.25, 0.3) is 0 Å². The Morgan fingerprint density at radius 3 is 2.55 bits per heavy atom. The van der Waals surface area contributed by atoms with Crippen LogP contribution in [0.3, 0.4) is 0 Å². The summed E-state index contributed by atoms with van der Waals surface area (Å²) in [6, 6.07) is 10.8. The number of pyridine rings is 1. The van der Waals surface area contributed by atoms with Gasteiger partial charge in [-0.2, -0.15) is 0 Å². The van der Waals surface area contributed by atoms with Crippen molar-refractivity contribution in [1.29, 1.82) is 0 Å². The van der Waals surface area contributed by atoms with E-state index >= 15 is 0 Å². The van der Waals surface area contributed by atoms with Crippen LogP contribution in [-0.4, -0.2) is 24.5 Å². The average Bonchev–Trinajstić information content (AvgIpc) is 2.49. The molecule has 3 N–H and O–H groups in total. The van der Waals surface area contributed by atoms with E-state index in [2.05, 4.69) is 10.3 Å². The molecular formula is C15H17N3O2. The summed E-state index contributed by atoms with van der Waals surface area (Å²) in [5.41, 5.74) is 7.83. The Kier molecular flexibility index (Phi) is 4.68. The van der Waals surface area contributed by atoms with Crippen LogP contribution in [0.4, 0.5) is 5.69 Å². The zero-order valence-corrected chi connectivity index (χ0v) is 11.3. The summed E-state index contributed by atoms with van der Waals surface area (Å²) in [6.07, 6.45) is 2.36. The number of amides is 1. The first-order chi connectivity index (χ1) is 9.72. The molecule has 1 aromatic heterocycles. The Hall–Kier alpha value is -2.40. The second-order valence-corrected chi connectivity index (χ2v) is 4.28. The Labute approximate surface area is 117 Å². The quantitative estimate of drug-likeness (QED) is 0.870. The summed E-state index contributed by atoms with van der Waals surface area (Å²) in [5, 5.41) is 2.78. The van der Waals surface area contributed by atoms with Crippen molar-refractivity contribution in [2.45, 2.75) is 6.42 Å². The zero-order valence-electron chi connectivity index (χ0n) is 11.3. The van der Waals surface area contributed by atoms with E-state index in [1.807, 2.05) is 12.1 Å². The number of methoxy groups -OCH3 is 1. The molecule has 0 fully saturated rings. The fourth-order valence-electron chi connectivity index (χ4n) is 1.77. The largest absolute Gasteiger partial charge is 0.481 e. The normalized spacial score (nSPS) is 10.1. The molecule has 1 aromatic carbocycles. The highest BCUT2D eigenvalue weighted by atomic mass is 16.5. The van der Waals surface area contributed by atoms with Gasteiger partial charge in [0.15, 0.2) is 0 Å². The van der Waals surface area contributed by atoms with Crippen molar-refractivity contribution in [2.75, 3.05) is 19.0 Å². The van der Waals surface area contributed by atoms with E-state index in [9.17, 15) is 4.79 Å². The van der Waals surface area contributed by atoms with Crippen LogP contribution < -0.4 is 15.8 Å². The monoisotopic (exact) mass is 271 g/mol. The lowest BCUT2D eigenvalue weighted by Crippen LogP contribution is -2.12. The number of nitrogens with two attached hydrogens (primary N) is 1. The van der Waals surface area contributed by atoms with E-state index in [0.717, 1.165) is 12.0 Å². The molecule has 0 unspecified atom stereocenters. The number of aromatic nitrogens is 1. The molecule has 5 nitrogen and oxygen atoms in total. The highest BCUT2D eigenvalue weighted by molar-refractivity contribution is 6.04. The first-order valence-electron chi connectivity index (χ1n) is 6.33. The topological polar surface area (TPSA) is 77.2 Å². The molecule has 2 rings (SSSR count). The molecule has 0 spiro atoms. The molecule has 20 heavy (non-hydrogen) atoms. The SMILES string of the molecule is COc1ccc(NC(=O)c2ccc(CCN)cc2)cn1. The number of carbonyl (C=O) groups excluding carboxylic acids is 1. The Bertz CT molecular complexity index is 565. The predicted molar refractivity (Wildman–Crippen MR) is 77.9 cm³/mol. The third-order valence-electron chi connectivity index (χ3n) is 2.85. The first-order valence-corrected chi connectivity index (χ1v) is 6.33. The van der Waals surface area contributed by atoms with Crippen molar-refractivity contribution in [3.63, 3.8) is 0 Å². The second kappa shape index (κ2) is 6.68. The summed E-state index contributed by atoms with van der Waals surface area (Å²) in [7, 11) is 1.55. The van der Waals surface area contributed by atoms with Gasteiger partial charge in [-0.25, -0.2) is 4.98 Å². The van der Waals surface area contributed by atoms with Crippen LogP contribution in [0.15, 0.2) is 42.6 Å². The minimum atomic E-state index is -0.170. The van der Waals surface area contributed by atoms with Crippen molar-refractivity contribution in [3.8, 4) is 5.88 Å². The van der Waals surface area contributed by atoms with E-state index in [4.69, 9.17) is 10.5 Å². The van der Waals surface area contributed by atoms with Crippen molar-refractivity contribution in [1.82, 2.24) is 4.98 Å². The summed E-state index contributed by atoms with van der Waals surface area (Å²) in [5.74, 6) is 0.338. The van der Waals surface area contributed by atoms with Crippen molar-refractivity contribution in [2.24, 2.45) is 5.73 Å². The Balaban J connectivity index is 2.03. The summed E-state index contributed by atoms with van der Waals surface area (Å²) in [4.78, 5) is 16.1. The van der Waals surface area contributed by atoms with Gasteiger partial charge in [0.25, 0.3) is 5.91 Å². The molecular weight excluding hydrogens is 254 g/mol. The number of nitrogens with one attached hydrogen (secondary N) is 1. The van der Waals surface area contributed by atoms with Crippen molar-refractivity contribution < 1.29 is 9.53 Å². The highest BCUT2D eigenvalue weighted by Crippen LogP contribution is 2.13. The highest BCUT2D eigenvalue weighted by Gasteiger charge is 2.06. The molecule has 0 atom stereocenters. The Morgan fingerprint density at radius 1 is 1.25 bits per heavy atom. The van der Waals surface area contributed by atoms with Crippen LogP contribution in [0.2, 0.25) is 0 Å². The minimum Gasteiger partial charge on any atom is -0.481 e. The molecule has 0 saturated heterocycles. The maximum atomic E-state index is 12.0. The molecule has 1 heterocycles. The van der Waals surface area contributed by atoms with Gasteiger partial charge in [0.05, 0.1) is 19.0 Å². The van der Waals surface area contributed by atoms with Gasteiger partial charge >= 0.3 is 0 Å². The maximum Gasteiger partial charge on any atom is 0.255 e. The lowest BCUT2D eigenvalue weighted by atomic mass is 10.1. The minimum absolute atomic E-state index is 0.170. The smallest absolute Gasteiger partial charge is 0.255 e. The molecule has 0 aliphatic heterocycles. The molecule has 0 aliphatic rings. The lowest BCUT2D eigenvalue weighted by Gasteiger charge is -2.06. The second-order valence-electron chi connectivity index (χ2n) is 4.28. The fourth-order valence-corrected chi connectivity index (χ4v) is 1.77. The zero-order chi connectivity index (χ0) is 14.4. The van der Waals surface area contributed by atoms with E-state index < -0.39 is 0 Å². The van der Waals surface area contributed by atoms with Crippen LogP contribution in [0, 0.1) is 0 Å². The third-order valence-corrected chi connectivity index (χ3v) is 2.85. The van der Waals surface area contributed by atoms with Crippen molar-refractivity contribution in [3.05, 3.63) is 53.7 Å². The Morgan fingerprint density at radius 2 is 2.00 bits per heavy atom. The molecule has 0 radical (unpaired) electrons. The van der Waals surface area contributed by atoms with Crippen LogP contribution in [0.5, 0.6) is 5.88 Å². The number of nitrogens with zero attached hydrogens (tertiary/aromatic N) is 1. The summed E-state index contributed by atoms with van der Waals surface area (Å²) < 4.78 is 4.96. The van der Waals surface area contributed by atoms with Crippen molar-refractivity contribution >= 4 is 11.6 Å². The van der Waals surface area contributed by atoms with E-state index in [-0.39, 0.29) is 5.91 Å². The fraction of sp³-hybridized carbons (Fsp3) is 0.200. The van der Waals surface area contributed by atoms with Crippen LogP contribution in [-0.2, 0) is 6.42 Å². The number of rotatable bonds is 5. The maximum absolute atomic E-state index is 12.0. The summed E-state index contributed by atoms with van der Waals surface area (Å²) >= 11 is 0. The van der Waals surface area contributed by atoms with Gasteiger partial charge in [0, 0.05) is 11.6 Å². The molecule has 0 aliphatic carbocycles. The molecule has 1 amide bonds. The van der Waals surface area contributed by atoms with Gasteiger partial charge in [-0.1, -0.05) is 12.1 Å². The van der Waals surface area contributed by atoms with Gasteiger partial charge in [-0.05, 0) is 36.7 Å². The van der Waals surface area contributed by atoms with Crippen LogP contribution in [0.1, 0.15) is 15.9 Å². The summed E-state index contributed by atoms with van der Waals surface area (Å²) in [6.45, 7) is 0.600. The number of benzene rings is 1. The molecule has 0 saturated carbocycles. The van der Waals surface area contributed by atoms with E-state index in [1.54, 1.807) is 37.6 Å².